The van der Waals surface area contributed by atoms with Crippen molar-refractivity contribution < 1.29 is 4.39 Å². The van der Waals surface area contributed by atoms with E-state index in [0.29, 0.717) is 17.9 Å². The normalized spacial score (nSPS) is 24.2. The van der Waals surface area contributed by atoms with E-state index in [1.54, 1.807) is 12.3 Å². The van der Waals surface area contributed by atoms with Gasteiger partial charge in [0.1, 0.15) is 0 Å². The van der Waals surface area contributed by atoms with Crippen molar-refractivity contribution in [3.05, 3.63) is 58.4 Å². The zero-order chi connectivity index (χ0) is 15.1. The molecule has 3 nitrogen and oxygen atoms in total. The Balaban J connectivity index is 1.46. The number of likely N-dealkylation sites (tertiary alicyclic amines) is 1. The molecule has 114 valence electrons. The lowest BCUT2D eigenvalue weighted by atomic mass is 10.2. The standard InChI is InChI=1S/C17H17BrFN3/c18-13-5-3-12(4-6-13)9-21-10-15-8-14(21)11-22(15)17-16(19)2-1-7-20-17/h1-7,14-15H,8-11H2. The minimum Gasteiger partial charge on any atom is -0.348 e. The van der Waals surface area contributed by atoms with Crippen molar-refractivity contribution in [2.45, 2.75) is 25.0 Å². The molecule has 0 aliphatic carbocycles. The minimum atomic E-state index is -0.213. The Hall–Kier alpha value is -1.46. The molecule has 2 saturated heterocycles. The monoisotopic (exact) mass is 361 g/mol. The molecule has 0 spiro atoms. The molecular formula is C17H17BrFN3. The summed E-state index contributed by atoms with van der Waals surface area (Å²) < 4.78 is 15.0. The molecule has 2 atom stereocenters. The van der Waals surface area contributed by atoms with Crippen LogP contribution in [0.2, 0.25) is 0 Å². The van der Waals surface area contributed by atoms with E-state index in [-0.39, 0.29) is 5.82 Å². The molecular weight excluding hydrogens is 345 g/mol. The van der Waals surface area contributed by atoms with E-state index in [4.69, 9.17) is 0 Å². The highest BCUT2D eigenvalue weighted by Crippen LogP contribution is 2.35. The summed E-state index contributed by atoms with van der Waals surface area (Å²) in [7, 11) is 0. The van der Waals surface area contributed by atoms with Crippen molar-refractivity contribution >= 4 is 21.7 Å². The number of benzene rings is 1. The van der Waals surface area contributed by atoms with Gasteiger partial charge in [0, 0.05) is 42.4 Å². The largest absolute Gasteiger partial charge is 0.348 e. The first-order valence-electron chi connectivity index (χ1n) is 7.56. The van der Waals surface area contributed by atoms with Gasteiger partial charge in [-0.3, -0.25) is 4.90 Å². The van der Waals surface area contributed by atoms with E-state index < -0.39 is 0 Å². The molecule has 2 aliphatic rings. The van der Waals surface area contributed by atoms with Crippen LogP contribution in [0.25, 0.3) is 0 Å². The molecule has 3 heterocycles. The zero-order valence-electron chi connectivity index (χ0n) is 12.1. The Morgan fingerprint density at radius 2 is 1.95 bits per heavy atom. The maximum Gasteiger partial charge on any atom is 0.165 e. The number of hydrogen-bond donors (Lipinski definition) is 0. The number of rotatable bonds is 3. The second-order valence-electron chi connectivity index (χ2n) is 6.06. The maximum absolute atomic E-state index is 13.9. The highest BCUT2D eigenvalue weighted by atomic mass is 79.9. The molecule has 0 N–H and O–H groups in total. The van der Waals surface area contributed by atoms with E-state index in [9.17, 15) is 4.39 Å². The molecule has 2 aliphatic heterocycles. The maximum atomic E-state index is 13.9. The number of anilines is 1. The minimum absolute atomic E-state index is 0.213. The van der Waals surface area contributed by atoms with Crippen LogP contribution in [0.5, 0.6) is 0 Å². The quantitative estimate of drug-likeness (QED) is 0.834. The molecule has 2 fully saturated rings. The number of aromatic nitrogens is 1. The van der Waals surface area contributed by atoms with Gasteiger partial charge in [-0.15, -0.1) is 0 Å². The Kier molecular flexibility index (Phi) is 3.62. The molecule has 22 heavy (non-hydrogen) atoms. The fraction of sp³-hybridized carbons (Fsp3) is 0.353. The van der Waals surface area contributed by atoms with Gasteiger partial charge in [-0.2, -0.15) is 0 Å². The first kappa shape index (κ1) is 14.2. The van der Waals surface area contributed by atoms with E-state index in [2.05, 4.69) is 55.0 Å². The summed E-state index contributed by atoms with van der Waals surface area (Å²) in [5.74, 6) is 0.299. The second-order valence-corrected chi connectivity index (χ2v) is 6.98. The van der Waals surface area contributed by atoms with Crippen LogP contribution in [-0.4, -0.2) is 35.1 Å². The first-order valence-corrected chi connectivity index (χ1v) is 8.35. The van der Waals surface area contributed by atoms with Crippen molar-refractivity contribution in [3.63, 3.8) is 0 Å². The highest BCUT2D eigenvalue weighted by Gasteiger charge is 2.44. The number of fused-ring (bicyclic) bond motifs is 2. The van der Waals surface area contributed by atoms with Crippen LogP contribution in [0, 0.1) is 5.82 Å². The molecule has 0 radical (unpaired) electrons. The lowest BCUT2D eigenvalue weighted by molar-refractivity contribution is 0.229. The van der Waals surface area contributed by atoms with Crippen LogP contribution < -0.4 is 4.90 Å². The average Bonchev–Trinajstić information content (AvgIpc) is 3.10. The molecule has 0 amide bonds. The number of piperazine rings is 1. The molecule has 1 aromatic heterocycles. The predicted octanol–water partition coefficient (Wildman–Crippen LogP) is 3.45. The van der Waals surface area contributed by atoms with E-state index in [1.807, 2.05) is 0 Å². The fourth-order valence-electron chi connectivity index (χ4n) is 3.62. The van der Waals surface area contributed by atoms with Crippen molar-refractivity contribution in [1.29, 1.82) is 0 Å². The number of nitrogens with zero attached hydrogens (tertiary/aromatic N) is 3. The summed E-state index contributed by atoms with van der Waals surface area (Å²) in [6, 6.07) is 12.5. The van der Waals surface area contributed by atoms with Gasteiger partial charge in [0.05, 0.1) is 0 Å². The Morgan fingerprint density at radius 3 is 2.64 bits per heavy atom. The first-order chi connectivity index (χ1) is 10.7. The molecule has 2 bridgehead atoms. The summed E-state index contributed by atoms with van der Waals surface area (Å²) in [6.45, 7) is 2.82. The SMILES string of the molecule is Fc1cccnc1N1CC2CC1CN2Cc1ccc(Br)cc1. The highest BCUT2D eigenvalue weighted by molar-refractivity contribution is 9.10. The van der Waals surface area contributed by atoms with Gasteiger partial charge in [0.2, 0.25) is 0 Å². The topological polar surface area (TPSA) is 19.4 Å². The van der Waals surface area contributed by atoms with Crippen LogP contribution >= 0.6 is 15.9 Å². The van der Waals surface area contributed by atoms with Gasteiger partial charge in [-0.25, -0.2) is 9.37 Å². The van der Waals surface area contributed by atoms with Crippen LogP contribution in [0.3, 0.4) is 0 Å². The molecule has 5 heteroatoms. The summed E-state index contributed by atoms with van der Waals surface area (Å²) in [4.78, 5) is 8.87. The molecule has 4 rings (SSSR count). The Labute approximate surface area is 137 Å². The van der Waals surface area contributed by atoms with Crippen LogP contribution in [0.15, 0.2) is 47.1 Å². The predicted molar refractivity (Wildman–Crippen MR) is 88.3 cm³/mol. The summed E-state index contributed by atoms with van der Waals surface area (Å²) >= 11 is 3.47. The lowest BCUT2D eigenvalue weighted by Gasteiger charge is -2.35. The zero-order valence-corrected chi connectivity index (χ0v) is 13.7. The van der Waals surface area contributed by atoms with Gasteiger partial charge >= 0.3 is 0 Å². The van der Waals surface area contributed by atoms with E-state index in [1.165, 1.54) is 11.6 Å². The van der Waals surface area contributed by atoms with Crippen LogP contribution in [0.1, 0.15) is 12.0 Å². The lowest BCUT2D eigenvalue weighted by Crippen LogP contribution is -2.46. The van der Waals surface area contributed by atoms with Crippen LogP contribution in [-0.2, 0) is 6.54 Å². The van der Waals surface area contributed by atoms with Crippen molar-refractivity contribution in [2.24, 2.45) is 0 Å². The molecule has 2 aromatic rings. The average molecular weight is 362 g/mol. The molecule has 0 saturated carbocycles. The second kappa shape index (κ2) is 5.63. The van der Waals surface area contributed by atoms with Crippen LogP contribution in [0.4, 0.5) is 10.2 Å². The molecule has 2 unspecified atom stereocenters. The van der Waals surface area contributed by atoms with E-state index in [0.717, 1.165) is 30.5 Å². The number of hydrogen-bond acceptors (Lipinski definition) is 3. The van der Waals surface area contributed by atoms with Gasteiger partial charge in [-0.1, -0.05) is 28.1 Å². The Bertz CT molecular complexity index is 676. The Morgan fingerprint density at radius 1 is 1.14 bits per heavy atom. The van der Waals surface area contributed by atoms with Gasteiger partial charge in [-0.05, 0) is 36.2 Å². The summed E-state index contributed by atoms with van der Waals surface area (Å²) in [5, 5.41) is 0. The smallest absolute Gasteiger partial charge is 0.165 e. The van der Waals surface area contributed by atoms with Gasteiger partial charge in [0.25, 0.3) is 0 Å². The third-order valence-electron chi connectivity index (χ3n) is 4.66. The summed E-state index contributed by atoms with van der Waals surface area (Å²) in [6.07, 6.45) is 2.77. The molecule has 1 aromatic carbocycles. The van der Waals surface area contributed by atoms with Crippen molar-refractivity contribution in [2.75, 3.05) is 18.0 Å². The number of halogens is 2. The third kappa shape index (κ3) is 2.52. The third-order valence-corrected chi connectivity index (χ3v) is 5.19. The van der Waals surface area contributed by atoms with Crippen molar-refractivity contribution in [1.82, 2.24) is 9.88 Å². The van der Waals surface area contributed by atoms with Gasteiger partial charge in [0.15, 0.2) is 11.6 Å². The van der Waals surface area contributed by atoms with Gasteiger partial charge < -0.3 is 4.90 Å². The summed E-state index contributed by atoms with van der Waals surface area (Å²) in [5.41, 5.74) is 1.33. The fourth-order valence-corrected chi connectivity index (χ4v) is 3.88. The van der Waals surface area contributed by atoms with E-state index >= 15 is 0 Å². The van der Waals surface area contributed by atoms with Crippen molar-refractivity contribution in [3.8, 4) is 0 Å². The number of pyridine rings is 1.